The normalized spacial score (nSPS) is 11.3. The number of rotatable bonds is 10. The minimum atomic E-state index is -0.499. The van der Waals surface area contributed by atoms with Gasteiger partial charge in [-0.15, -0.1) is 23.1 Å². The minimum absolute atomic E-state index is 0.00178. The van der Waals surface area contributed by atoms with E-state index in [0.29, 0.717) is 27.7 Å². The van der Waals surface area contributed by atoms with Crippen LogP contribution in [0.15, 0.2) is 83.1 Å². The second-order valence-corrected chi connectivity index (χ2v) is 12.0. The fourth-order valence-corrected chi connectivity index (χ4v) is 6.32. The molecule has 0 bridgehead atoms. The van der Waals surface area contributed by atoms with Gasteiger partial charge in [-0.05, 0) is 80.5 Å². The van der Waals surface area contributed by atoms with E-state index >= 15 is 0 Å². The van der Waals surface area contributed by atoms with Crippen LogP contribution in [0.1, 0.15) is 46.5 Å². The average Bonchev–Trinajstić information content (AvgIpc) is 3.39. The van der Waals surface area contributed by atoms with E-state index < -0.39 is 11.2 Å². The van der Waals surface area contributed by atoms with Gasteiger partial charge in [0.25, 0.3) is 0 Å². The summed E-state index contributed by atoms with van der Waals surface area (Å²) in [6.07, 6.45) is 0.578. The van der Waals surface area contributed by atoms with Crippen LogP contribution in [0.25, 0.3) is 11.1 Å². The molecule has 4 aromatic rings. The zero-order valence-corrected chi connectivity index (χ0v) is 26.1. The third-order valence-corrected chi connectivity index (χ3v) is 8.82. The molecule has 0 aliphatic heterocycles. The molecule has 10 heteroatoms. The molecule has 7 nitrogen and oxygen atoms in total. The number of aryl methyl sites for hydroxylation is 1. The zero-order valence-electron chi connectivity index (χ0n) is 23.6. The monoisotopic (exact) mass is 617 g/mol. The van der Waals surface area contributed by atoms with Crippen molar-refractivity contribution in [1.82, 2.24) is 0 Å². The molecule has 3 aromatic carbocycles. The number of ether oxygens (including phenoxy) is 1. The highest BCUT2D eigenvalue weighted by molar-refractivity contribution is 8.00. The molecule has 216 valence electrons. The van der Waals surface area contributed by atoms with Gasteiger partial charge in [-0.25, -0.2) is 4.79 Å². The van der Waals surface area contributed by atoms with Crippen LogP contribution in [0.4, 0.5) is 16.4 Å². The Hall–Kier alpha value is -3.99. The summed E-state index contributed by atoms with van der Waals surface area (Å²) in [5.74, 6) is -0.697. The first-order valence-electron chi connectivity index (χ1n) is 13.2. The van der Waals surface area contributed by atoms with Crippen LogP contribution in [0.2, 0.25) is 0 Å². The molecule has 1 atom stereocenters. The predicted octanol–water partition coefficient (Wildman–Crippen LogP) is 8.03. The summed E-state index contributed by atoms with van der Waals surface area (Å²) in [7, 11) is 1.33. The van der Waals surface area contributed by atoms with Crippen molar-refractivity contribution in [2.75, 3.05) is 23.1 Å². The number of thioether (sulfide) groups is 1. The van der Waals surface area contributed by atoms with Crippen LogP contribution >= 0.6 is 35.3 Å². The Morgan fingerprint density at radius 2 is 1.64 bits per heavy atom. The van der Waals surface area contributed by atoms with Crippen molar-refractivity contribution in [3.63, 3.8) is 0 Å². The Labute approximate surface area is 259 Å². The van der Waals surface area contributed by atoms with E-state index in [2.05, 4.69) is 16.0 Å². The SMILES string of the molecule is CCC(Sc1cccc(NC(=S)Nc2ccc(C(C)=O)cc2)c1)C(=O)Nc1scc(-c2ccc(C)cc2)c1C(=O)OC. The van der Waals surface area contributed by atoms with Gasteiger partial charge in [0.05, 0.1) is 12.4 Å². The zero-order chi connectivity index (χ0) is 30.2. The number of hydrogen-bond acceptors (Lipinski definition) is 7. The van der Waals surface area contributed by atoms with Gasteiger partial charge in [-0.2, -0.15) is 0 Å². The Balaban J connectivity index is 1.43. The number of methoxy groups -OCH3 is 1. The molecule has 0 fully saturated rings. The van der Waals surface area contributed by atoms with Crippen LogP contribution in [0, 0.1) is 6.92 Å². The third-order valence-electron chi connectivity index (χ3n) is 6.36. The molecule has 0 aliphatic rings. The lowest BCUT2D eigenvalue weighted by molar-refractivity contribution is -0.115. The predicted molar refractivity (Wildman–Crippen MR) is 177 cm³/mol. The molecule has 4 rings (SSSR count). The number of thiophene rings is 1. The second kappa shape index (κ2) is 14.3. The molecule has 0 aliphatic carbocycles. The molecular formula is C32H31N3O4S3. The van der Waals surface area contributed by atoms with E-state index in [0.717, 1.165) is 33.0 Å². The summed E-state index contributed by atoms with van der Waals surface area (Å²) in [6, 6.07) is 22.6. The Bertz CT molecular complexity index is 1600. The molecule has 0 spiro atoms. The largest absolute Gasteiger partial charge is 0.465 e. The van der Waals surface area contributed by atoms with E-state index in [9.17, 15) is 14.4 Å². The van der Waals surface area contributed by atoms with E-state index in [1.807, 2.05) is 67.8 Å². The summed E-state index contributed by atoms with van der Waals surface area (Å²) in [5.41, 5.74) is 5.22. The summed E-state index contributed by atoms with van der Waals surface area (Å²) in [5, 5.41) is 11.6. The van der Waals surface area contributed by atoms with Crippen LogP contribution in [0.3, 0.4) is 0 Å². The molecule has 1 amide bonds. The van der Waals surface area contributed by atoms with Crippen LogP contribution in [-0.2, 0) is 9.53 Å². The molecule has 1 heterocycles. The van der Waals surface area contributed by atoms with Crippen molar-refractivity contribution in [1.29, 1.82) is 0 Å². The summed E-state index contributed by atoms with van der Waals surface area (Å²) < 4.78 is 5.06. The molecule has 0 saturated heterocycles. The van der Waals surface area contributed by atoms with Crippen molar-refractivity contribution >= 4 is 74.5 Å². The maximum absolute atomic E-state index is 13.4. The maximum Gasteiger partial charge on any atom is 0.341 e. The van der Waals surface area contributed by atoms with Gasteiger partial charge in [-0.3, -0.25) is 9.59 Å². The van der Waals surface area contributed by atoms with Gasteiger partial charge in [0.2, 0.25) is 5.91 Å². The van der Waals surface area contributed by atoms with Crippen molar-refractivity contribution in [2.45, 2.75) is 37.3 Å². The number of carbonyl (C=O) groups excluding carboxylic acids is 3. The van der Waals surface area contributed by atoms with Gasteiger partial charge in [0.15, 0.2) is 10.9 Å². The Kier molecular flexibility index (Phi) is 10.5. The van der Waals surface area contributed by atoms with Crippen molar-refractivity contribution in [3.05, 3.63) is 94.9 Å². The average molecular weight is 618 g/mol. The van der Waals surface area contributed by atoms with E-state index in [-0.39, 0.29) is 11.7 Å². The van der Waals surface area contributed by atoms with Crippen LogP contribution in [0.5, 0.6) is 0 Å². The number of Topliss-reactive ketones (excluding diaryl/α,β-unsaturated/α-hetero) is 1. The maximum atomic E-state index is 13.4. The quantitative estimate of drug-likeness (QED) is 0.0712. The van der Waals surface area contributed by atoms with Crippen molar-refractivity contribution < 1.29 is 19.1 Å². The second-order valence-electron chi connectivity index (χ2n) is 9.46. The van der Waals surface area contributed by atoms with Crippen LogP contribution in [-0.4, -0.2) is 35.1 Å². The summed E-state index contributed by atoms with van der Waals surface area (Å²) in [6.45, 7) is 5.47. The molecule has 42 heavy (non-hydrogen) atoms. The number of thiocarbonyl (C=S) groups is 1. The first-order valence-corrected chi connectivity index (χ1v) is 15.4. The molecule has 0 saturated carbocycles. The van der Waals surface area contributed by atoms with Crippen molar-refractivity contribution in [2.24, 2.45) is 0 Å². The molecular weight excluding hydrogens is 587 g/mol. The highest BCUT2D eigenvalue weighted by Gasteiger charge is 2.25. The van der Waals surface area contributed by atoms with Gasteiger partial charge >= 0.3 is 5.97 Å². The fourth-order valence-electron chi connectivity index (χ4n) is 4.11. The van der Waals surface area contributed by atoms with Gasteiger partial charge in [-0.1, -0.05) is 42.8 Å². The van der Waals surface area contributed by atoms with Crippen LogP contribution < -0.4 is 16.0 Å². The van der Waals surface area contributed by atoms with E-state index in [4.69, 9.17) is 17.0 Å². The Morgan fingerprint density at radius 1 is 0.952 bits per heavy atom. The molecule has 0 radical (unpaired) electrons. The number of ketones is 1. The van der Waals surface area contributed by atoms with E-state index in [1.54, 1.807) is 24.3 Å². The number of nitrogens with one attached hydrogen (secondary N) is 3. The van der Waals surface area contributed by atoms with Gasteiger partial charge in [0.1, 0.15) is 10.6 Å². The van der Waals surface area contributed by atoms with Gasteiger partial charge in [0, 0.05) is 32.8 Å². The first-order chi connectivity index (χ1) is 20.2. The lowest BCUT2D eigenvalue weighted by Gasteiger charge is -2.16. The number of hydrogen-bond donors (Lipinski definition) is 3. The first kappa shape index (κ1) is 31.0. The standard InChI is InChI=1S/C32H31N3O4S3/c1-5-27(29(37)35-30-28(31(38)39-4)26(18-41-30)22-11-9-19(2)10-12-22)42-25-8-6-7-24(17-25)34-32(40)33-23-15-13-21(14-16-23)20(3)36/h6-18,27H,5H2,1-4H3,(H,35,37)(H2,33,34,40). The summed E-state index contributed by atoms with van der Waals surface area (Å²) >= 11 is 8.20. The lowest BCUT2D eigenvalue weighted by Crippen LogP contribution is -2.25. The lowest BCUT2D eigenvalue weighted by atomic mass is 10.0. The number of benzene rings is 3. The topological polar surface area (TPSA) is 96.5 Å². The van der Waals surface area contributed by atoms with E-state index in [1.165, 1.54) is 37.1 Å². The number of esters is 1. The number of amides is 1. The Morgan fingerprint density at radius 3 is 2.29 bits per heavy atom. The third kappa shape index (κ3) is 7.84. The molecule has 1 unspecified atom stereocenters. The summed E-state index contributed by atoms with van der Waals surface area (Å²) in [4.78, 5) is 38.5. The highest BCUT2D eigenvalue weighted by Crippen LogP contribution is 2.37. The minimum Gasteiger partial charge on any atom is -0.465 e. The smallest absolute Gasteiger partial charge is 0.341 e. The fraction of sp³-hybridized carbons (Fsp3) is 0.188. The van der Waals surface area contributed by atoms with Gasteiger partial charge < -0.3 is 20.7 Å². The molecule has 3 N–H and O–H groups in total. The number of anilines is 3. The van der Waals surface area contributed by atoms with Crippen molar-refractivity contribution in [3.8, 4) is 11.1 Å². The molecule has 1 aromatic heterocycles. The highest BCUT2D eigenvalue weighted by atomic mass is 32.2. The number of carbonyl (C=O) groups is 3.